The molecular weight excluding hydrogens is 338 g/mol. The van der Waals surface area contributed by atoms with Crippen molar-refractivity contribution in [1.29, 1.82) is 0 Å². The molecule has 0 radical (unpaired) electrons. The molecule has 0 fully saturated rings. The van der Waals surface area contributed by atoms with E-state index in [0.29, 0.717) is 12.2 Å². The maximum Gasteiger partial charge on any atom is 0.326 e. The third-order valence-electron chi connectivity index (χ3n) is 2.83. The number of hydrogen-bond acceptors (Lipinski definition) is 3. The van der Waals surface area contributed by atoms with Crippen LogP contribution in [0.25, 0.3) is 0 Å². The highest BCUT2D eigenvalue weighted by Crippen LogP contribution is 2.24. The summed E-state index contributed by atoms with van der Waals surface area (Å²) >= 11 is 3.33. The molecule has 1 rings (SSSR count). The Kier molecular flexibility index (Phi) is 6.68. The second kappa shape index (κ2) is 8.02. The van der Waals surface area contributed by atoms with E-state index in [1.807, 2.05) is 19.9 Å². The summed E-state index contributed by atoms with van der Waals surface area (Å²) in [6.07, 6.45) is -0.402. The van der Waals surface area contributed by atoms with Gasteiger partial charge in [-0.1, -0.05) is 26.0 Å². The number of rotatable bonds is 7. The number of carbonyl (C=O) groups excluding carboxylic acids is 1. The first-order valence-electron chi connectivity index (χ1n) is 6.75. The molecule has 1 aromatic carbocycles. The third kappa shape index (κ3) is 5.75. The molecule has 0 heterocycles. The van der Waals surface area contributed by atoms with Crippen molar-refractivity contribution in [3.63, 3.8) is 0 Å². The Labute approximate surface area is 132 Å². The Hall–Kier alpha value is -1.56. The number of nitrogens with one attached hydrogen (secondary N) is 1. The fourth-order valence-electron chi connectivity index (χ4n) is 1.77. The van der Waals surface area contributed by atoms with Crippen molar-refractivity contribution in [2.45, 2.75) is 39.3 Å². The Morgan fingerprint density at radius 3 is 2.43 bits per heavy atom. The van der Waals surface area contributed by atoms with Gasteiger partial charge in [-0.3, -0.25) is 4.79 Å². The summed E-state index contributed by atoms with van der Waals surface area (Å²) < 4.78 is 6.28. The van der Waals surface area contributed by atoms with Crippen molar-refractivity contribution in [3.8, 4) is 5.75 Å². The fraction of sp³-hybridized carbons (Fsp3) is 0.467. The van der Waals surface area contributed by atoms with Crippen molar-refractivity contribution in [1.82, 2.24) is 5.32 Å². The van der Waals surface area contributed by atoms with Crippen molar-refractivity contribution in [2.75, 3.05) is 0 Å². The van der Waals surface area contributed by atoms with Crippen molar-refractivity contribution < 1.29 is 19.4 Å². The van der Waals surface area contributed by atoms with Crippen molar-refractivity contribution in [2.24, 2.45) is 5.92 Å². The van der Waals surface area contributed by atoms with Crippen LogP contribution in [-0.4, -0.2) is 29.1 Å². The SMILES string of the molecule is CC(C)C[C@H](NC(=O)C(C)Oc1ccccc1Br)C(=O)O. The van der Waals surface area contributed by atoms with Gasteiger partial charge in [0.25, 0.3) is 5.91 Å². The van der Waals surface area contributed by atoms with Crippen LogP contribution < -0.4 is 10.1 Å². The molecule has 0 saturated heterocycles. The summed E-state index contributed by atoms with van der Waals surface area (Å²) in [6, 6.07) is 6.27. The van der Waals surface area contributed by atoms with E-state index < -0.39 is 24.0 Å². The smallest absolute Gasteiger partial charge is 0.326 e. The number of carboxylic acids is 1. The van der Waals surface area contributed by atoms with E-state index in [-0.39, 0.29) is 5.92 Å². The van der Waals surface area contributed by atoms with E-state index in [9.17, 15) is 9.59 Å². The molecule has 0 aliphatic carbocycles. The molecular formula is C15H20BrNO4. The lowest BCUT2D eigenvalue weighted by Gasteiger charge is -2.20. The van der Waals surface area contributed by atoms with Gasteiger partial charge in [0, 0.05) is 0 Å². The van der Waals surface area contributed by atoms with Gasteiger partial charge in [-0.05, 0) is 47.3 Å². The highest BCUT2D eigenvalue weighted by molar-refractivity contribution is 9.10. The molecule has 0 aromatic heterocycles. The number of amides is 1. The molecule has 0 bridgehead atoms. The van der Waals surface area contributed by atoms with Gasteiger partial charge in [0.1, 0.15) is 11.8 Å². The van der Waals surface area contributed by atoms with Gasteiger partial charge in [-0.25, -0.2) is 4.79 Å². The summed E-state index contributed by atoms with van der Waals surface area (Å²) in [5.74, 6) is -0.772. The number of para-hydroxylation sites is 1. The number of ether oxygens (including phenoxy) is 1. The maximum absolute atomic E-state index is 12.0. The lowest BCUT2D eigenvalue weighted by atomic mass is 10.0. The van der Waals surface area contributed by atoms with Gasteiger partial charge in [0.05, 0.1) is 4.47 Å². The van der Waals surface area contributed by atoms with Gasteiger partial charge < -0.3 is 15.2 Å². The molecule has 5 nitrogen and oxygen atoms in total. The zero-order chi connectivity index (χ0) is 16.0. The second-order valence-corrected chi connectivity index (χ2v) is 6.07. The Morgan fingerprint density at radius 2 is 1.90 bits per heavy atom. The monoisotopic (exact) mass is 357 g/mol. The molecule has 0 aliphatic rings. The number of hydrogen-bond donors (Lipinski definition) is 2. The predicted molar refractivity (Wildman–Crippen MR) is 83.3 cm³/mol. The number of benzene rings is 1. The van der Waals surface area contributed by atoms with Crippen LogP contribution in [0.1, 0.15) is 27.2 Å². The van der Waals surface area contributed by atoms with Crippen LogP contribution in [0, 0.1) is 5.92 Å². The van der Waals surface area contributed by atoms with Crippen molar-refractivity contribution >= 4 is 27.8 Å². The molecule has 6 heteroatoms. The molecule has 0 aliphatic heterocycles. The highest BCUT2D eigenvalue weighted by atomic mass is 79.9. The topological polar surface area (TPSA) is 75.6 Å². The molecule has 1 unspecified atom stereocenters. The molecule has 0 saturated carbocycles. The van der Waals surface area contributed by atoms with Gasteiger partial charge in [-0.15, -0.1) is 0 Å². The molecule has 2 N–H and O–H groups in total. The summed E-state index contributed by atoms with van der Waals surface area (Å²) in [7, 11) is 0. The fourth-order valence-corrected chi connectivity index (χ4v) is 2.14. The van der Waals surface area contributed by atoms with Crippen molar-refractivity contribution in [3.05, 3.63) is 28.7 Å². The maximum atomic E-state index is 12.0. The largest absolute Gasteiger partial charge is 0.480 e. The third-order valence-corrected chi connectivity index (χ3v) is 3.49. The first-order valence-corrected chi connectivity index (χ1v) is 7.55. The highest BCUT2D eigenvalue weighted by Gasteiger charge is 2.24. The van der Waals surface area contributed by atoms with Crippen LogP contribution in [0.4, 0.5) is 0 Å². The minimum atomic E-state index is -1.04. The Morgan fingerprint density at radius 1 is 1.29 bits per heavy atom. The first-order chi connectivity index (χ1) is 9.81. The zero-order valence-corrected chi connectivity index (χ0v) is 13.9. The Bertz CT molecular complexity index is 504. The van der Waals surface area contributed by atoms with E-state index in [4.69, 9.17) is 9.84 Å². The summed E-state index contributed by atoms with van der Waals surface area (Å²) in [6.45, 7) is 5.40. The van der Waals surface area contributed by atoms with E-state index in [1.54, 1.807) is 25.1 Å². The molecule has 21 heavy (non-hydrogen) atoms. The molecule has 116 valence electrons. The van der Waals surface area contributed by atoms with Crippen LogP contribution in [0.5, 0.6) is 5.75 Å². The van der Waals surface area contributed by atoms with Gasteiger partial charge >= 0.3 is 5.97 Å². The molecule has 1 amide bonds. The lowest BCUT2D eigenvalue weighted by molar-refractivity contribution is -0.143. The van der Waals surface area contributed by atoms with Crippen LogP contribution in [0.15, 0.2) is 28.7 Å². The van der Waals surface area contributed by atoms with E-state index >= 15 is 0 Å². The summed E-state index contributed by atoms with van der Waals surface area (Å²) in [4.78, 5) is 23.2. The molecule has 0 spiro atoms. The number of carboxylic acid groups (broad SMARTS) is 1. The van der Waals surface area contributed by atoms with Gasteiger partial charge in [-0.2, -0.15) is 0 Å². The van der Waals surface area contributed by atoms with E-state index in [2.05, 4.69) is 21.2 Å². The van der Waals surface area contributed by atoms with Crippen LogP contribution in [-0.2, 0) is 9.59 Å². The van der Waals surface area contributed by atoms with Crippen LogP contribution >= 0.6 is 15.9 Å². The predicted octanol–water partition coefficient (Wildman–Crippen LogP) is 2.83. The molecule has 2 atom stereocenters. The number of halogens is 1. The minimum Gasteiger partial charge on any atom is -0.480 e. The van der Waals surface area contributed by atoms with Crippen LogP contribution in [0.3, 0.4) is 0 Å². The number of carbonyl (C=O) groups is 2. The quantitative estimate of drug-likeness (QED) is 0.786. The first kappa shape index (κ1) is 17.5. The lowest BCUT2D eigenvalue weighted by Crippen LogP contribution is -2.46. The van der Waals surface area contributed by atoms with Crippen LogP contribution in [0.2, 0.25) is 0 Å². The summed E-state index contributed by atoms with van der Waals surface area (Å²) in [5.41, 5.74) is 0. The summed E-state index contributed by atoms with van der Waals surface area (Å²) in [5, 5.41) is 11.6. The van der Waals surface area contributed by atoms with E-state index in [1.165, 1.54) is 0 Å². The minimum absolute atomic E-state index is 0.172. The van der Waals surface area contributed by atoms with E-state index in [0.717, 1.165) is 4.47 Å². The zero-order valence-electron chi connectivity index (χ0n) is 12.3. The average molecular weight is 358 g/mol. The average Bonchev–Trinajstić information content (AvgIpc) is 2.39. The van der Waals surface area contributed by atoms with Gasteiger partial charge in [0.2, 0.25) is 0 Å². The normalized spacial score (nSPS) is 13.6. The standard InChI is InChI=1S/C15H20BrNO4/c1-9(2)8-12(15(19)20)17-14(18)10(3)21-13-7-5-4-6-11(13)16/h4-7,9-10,12H,8H2,1-3H3,(H,17,18)(H,19,20)/t10?,12-/m0/s1. The van der Waals surface area contributed by atoms with Gasteiger partial charge in [0.15, 0.2) is 6.10 Å². The second-order valence-electron chi connectivity index (χ2n) is 5.22. The number of aliphatic carboxylic acids is 1. The Balaban J connectivity index is 2.65. The molecule has 1 aromatic rings.